The fourth-order valence-corrected chi connectivity index (χ4v) is 6.19. The van der Waals surface area contributed by atoms with E-state index in [2.05, 4.69) is 10.0 Å². The first kappa shape index (κ1) is 17.3. The lowest BCUT2D eigenvalue weighted by Crippen LogP contribution is -2.44. The van der Waals surface area contributed by atoms with Crippen molar-refractivity contribution in [3.63, 3.8) is 0 Å². The van der Waals surface area contributed by atoms with E-state index < -0.39 is 15.6 Å². The zero-order valence-electron chi connectivity index (χ0n) is 14.0. The second-order valence-electron chi connectivity index (χ2n) is 7.87. The predicted molar refractivity (Wildman–Crippen MR) is 95.7 cm³/mol. The zero-order valence-corrected chi connectivity index (χ0v) is 15.6. The molecule has 1 amide bonds. The van der Waals surface area contributed by atoms with Crippen LogP contribution in [-0.2, 0) is 14.8 Å². The highest BCUT2D eigenvalue weighted by molar-refractivity contribution is 7.89. The Hall–Kier alpha value is -1.11. The highest BCUT2D eigenvalue weighted by Crippen LogP contribution is 2.45. The fourth-order valence-electron chi connectivity index (χ4n) is 4.43. The third-order valence-electron chi connectivity index (χ3n) is 5.89. The van der Waals surface area contributed by atoms with Gasteiger partial charge < -0.3 is 5.32 Å². The number of fused-ring (bicyclic) bond motifs is 2. The summed E-state index contributed by atoms with van der Waals surface area (Å²) in [4.78, 5) is 12.6. The van der Waals surface area contributed by atoms with Gasteiger partial charge in [0.25, 0.3) is 0 Å². The lowest BCUT2D eigenvalue weighted by atomic mass is 9.95. The van der Waals surface area contributed by atoms with E-state index in [0.29, 0.717) is 23.8 Å². The minimum absolute atomic E-state index is 0.0381. The van der Waals surface area contributed by atoms with Crippen LogP contribution in [-0.4, -0.2) is 25.9 Å². The first-order valence-electron chi connectivity index (χ1n) is 8.94. The van der Waals surface area contributed by atoms with E-state index >= 15 is 0 Å². The molecule has 0 spiro atoms. The summed E-state index contributed by atoms with van der Waals surface area (Å²) in [5.74, 6) is 1.35. The van der Waals surface area contributed by atoms with Crippen LogP contribution in [0, 0.1) is 11.8 Å². The van der Waals surface area contributed by atoms with Gasteiger partial charge in [0.15, 0.2) is 0 Å². The predicted octanol–water partition coefficient (Wildman–Crippen LogP) is 2.85. The van der Waals surface area contributed by atoms with Crippen molar-refractivity contribution in [3.8, 4) is 0 Å². The van der Waals surface area contributed by atoms with Gasteiger partial charge in [0, 0.05) is 23.0 Å². The Balaban J connectivity index is 1.38. The van der Waals surface area contributed by atoms with Crippen LogP contribution < -0.4 is 10.0 Å². The zero-order chi connectivity index (χ0) is 17.7. The van der Waals surface area contributed by atoms with E-state index in [-0.39, 0.29) is 23.3 Å². The fraction of sp³-hybridized carbons (Fsp3) is 0.611. The van der Waals surface area contributed by atoms with Crippen LogP contribution in [0.2, 0.25) is 5.02 Å². The molecule has 1 aromatic carbocycles. The molecule has 25 heavy (non-hydrogen) atoms. The van der Waals surface area contributed by atoms with Crippen molar-refractivity contribution in [2.24, 2.45) is 11.8 Å². The van der Waals surface area contributed by atoms with Crippen LogP contribution in [0.15, 0.2) is 29.2 Å². The largest absolute Gasteiger partial charge is 0.353 e. The normalized spacial score (nSPS) is 29.6. The topological polar surface area (TPSA) is 75.3 Å². The Morgan fingerprint density at radius 1 is 1.24 bits per heavy atom. The summed E-state index contributed by atoms with van der Waals surface area (Å²) in [6.45, 7) is 0. The van der Waals surface area contributed by atoms with Crippen molar-refractivity contribution < 1.29 is 13.2 Å². The van der Waals surface area contributed by atoms with E-state index in [1.807, 2.05) is 0 Å². The third kappa shape index (κ3) is 3.71. The van der Waals surface area contributed by atoms with Crippen LogP contribution in [0.1, 0.15) is 44.9 Å². The van der Waals surface area contributed by atoms with Gasteiger partial charge in [-0.2, -0.15) is 0 Å². The average molecular weight is 383 g/mol. The summed E-state index contributed by atoms with van der Waals surface area (Å²) >= 11 is 5.89. The minimum atomic E-state index is -3.67. The monoisotopic (exact) mass is 382 g/mol. The van der Waals surface area contributed by atoms with E-state index in [9.17, 15) is 13.2 Å². The second kappa shape index (κ2) is 6.25. The van der Waals surface area contributed by atoms with Crippen molar-refractivity contribution in [1.29, 1.82) is 0 Å². The number of hydrogen-bond acceptors (Lipinski definition) is 3. The summed E-state index contributed by atoms with van der Waals surface area (Å²) < 4.78 is 27.9. The molecule has 4 rings (SSSR count). The van der Waals surface area contributed by atoms with Gasteiger partial charge in [0.2, 0.25) is 15.9 Å². The number of halogens is 1. The Morgan fingerprint density at radius 3 is 2.64 bits per heavy atom. The maximum absolute atomic E-state index is 12.6. The SMILES string of the molecule is O=C(CC1(NS(=O)(=O)c2cccc(Cl)c2)CC1)NC1CC2CCC1C2. The number of amides is 1. The Bertz CT molecular complexity index is 791. The molecule has 0 saturated heterocycles. The van der Waals surface area contributed by atoms with Gasteiger partial charge in [-0.05, 0) is 62.1 Å². The first-order valence-corrected chi connectivity index (χ1v) is 10.8. The van der Waals surface area contributed by atoms with Crippen molar-refractivity contribution in [1.82, 2.24) is 10.0 Å². The van der Waals surface area contributed by atoms with Gasteiger partial charge in [0.1, 0.15) is 0 Å². The maximum Gasteiger partial charge on any atom is 0.241 e. The van der Waals surface area contributed by atoms with Crippen molar-refractivity contribution in [2.75, 3.05) is 0 Å². The molecule has 0 aromatic heterocycles. The van der Waals surface area contributed by atoms with Crippen molar-refractivity contribution >= 4 is 27.5 Å². The van der Waals surface area contributed by atoms with E-state index in [1.54, 1.807) is 12.1 Å². The molecule has 136 valence electrons. The van der Waals surface area contributed by atoms with E-state index in [1.165, 1.54) is 31.4 Å². The summed E-state index contributed by atoms with van der Waals surface area (Å²) in [7, 11) is -3.67. The van der Waals surface area contributed by atoms with Crippen LogP contribution >= 0.6 is 11.6 Å². The molecule has 3 aliphatic carbocycles. The number of nitrogens with one attached hydrogen (secondary N) is 2. The molecule has 7 heteroatoms. The molecule has 5 nitrogen and oxygen atoms in total. The molecule has 0 heterocycles. The number of sulfonamides is 1. The van der Waals surface area contributed by atoms with Gasteiger partial charge in [0.05, 0.1) is 4.90 Å². The lowest BCUT2D eigenvalue weighted by molar-refractivity contribution is -0.122. The van der Waals surface area contributed by atoms with Gasteiger partial charge >= 0.3 is 0 Å². The van der Waals surface area contributed by atoms with Gasteiger partial charge in [-0.15, -0.1) is 0 Å². The summed E-state index contributed by atoms with van der Waals surface area (Å²) in [6.07, 6.45) is 6.41. The molecule has 3 unspecified atom stereocenters. The molecular formula is C18H23ClN2O3S. The smallest absolute Gasteiger partial charge is 0.241 e. The Labute approximate surface area is 153 Å². The molecule has 0 radical (unpaired) electrons. The molecule has 3 aliphatic rings. The number of hydrogen-bond donors (Lipinski definition) is 2. The molecule has 2 bridgehead atoms. The van der Waals surface area contributed by atoms with Crippen LogP contribution in [0.3, 0.4) is 0 Å². The molecule has 1 aromatic rings. The van der Waals surface area contributed by atoms with Crippen molar-refractivity contribution in [3.05, 3.63) is 29.3 Å². The summed E-state index contributed by atoms with van der Waals surface area (Å²) in [5, 5.41) is 3.52. The molecule has 3 atom stereocenters. The Morgan fingerprint density at radius 2 is 2.04 bits per heavy atom. The van der Waals surface area contributed by atoms with Crippen LogP contribution in [0.4, 0.5) is 0 Å². The number of rotatable bonds is 6. The van der Waals surface area contributed by atoms with Gasteiger partial charge in [-0.25, -0.2) is 13.1 Å². The van der Waals surface area contributed by atoms with E-state index in [4.69, 9.17) is 11.6 Å². The third-order valence-corrected chi connectivity index (χ3v) is 7.71. The minimum Gasteiger partial charge on any atom is -0.353 e. The highest BCUT2D eigenvalue weighted by atomic mass is 35.5. The molecule has 3 fully saturated rings. The molecule has 2 N–H and O–H groups in total. The second-order valence-corrected chi connectivity index (χ2v) is 9.99. The molecular weight excluding hydrogens is 360 g/mol. The maximum atomic E-state index is 12.6. The van der Waals surface area contributed by atoms with Gasteiger partial charge in [-0.1, -0.05) is 24.1 Å². The van der Waals surface area contributed by atoms with Gasteiger partial charge in [-0.3, -0.25) is 4.79 Å². The highest BCUT2D eigenvalue weighted by Gasteiger charge is 2.48. The van der Waals surface area contributed by atoms with E-state index in [0.717, 1.165) is 12.3 Å². The number of carbonyl (C=O) groups is 1. The quantitative estimate of drug-likeness (QED) is 0.794. The summed E-state index contributed by atoms with van der Waals surface area (Å²) in [5.41, 5.74) is -0.636. The number of benzene rings is 1. The van der Waals surface area contributed by atoms with Crippen LogP contribution in [0.5, 0.6) is 0 Å². The van der Waals surface area contributed by atoms with Crippen LogP contribution in [0.25, 0.3) is 0 Å². The lowest BCUT2D eigenvalue weighted by Gasteiger charge is -2.24. The summed E-state index contributed by atoms with van der Waals surface area (Å²) in [6, 6.07) is 6.47. The standard InChI is InChI=1S/C18H23ClN2O3S/c19-14-2-1-3-15(10-14)25(23,24)21-18(6-7-18)11-17(22)20-16-9-12-4-5-13(16)8-12/h1-3,10,12-13,16,21H,4-9,11H2,(H,20,22). The Kier molecular flexibility index (Phi) is 4.33. The molecule has 3 saturated carbocycles. The number of carbonyl (C=O) groups excluding carboxylic acids is 1. The van der Waals surface area contributed by atoms with Crippen molar-refractivity contribution in [2.45, 2.75) is 61.4 Å². The molecule has 0 aliphatic heterocycles. The first-order chi connectivity index (χ1) is 11.9. The average Bonchev–Trinajstić information content (AvgIpc) is 2.97.